The number of hydrogen-bond acceptors (Lipinski definition) is 4. The second kappa shape index (κ2) is 7.24. The molecule has 0 saturated heterocycles. The first-order valence-electron chi connectivity index (χ1n) is 9.60. The van der Waals surface area contributed by atoms with E-state index < -0.39 is 10.0 Å². The second-order valence-electron chi connectivity index (χ2n) is 7.72. The van der Waals surface area contributed by atoms with Crippen LogP contribution in [0.25, 0.3) is 0 Å². The Hall–Kier alpha value is -1.93. The smallest absolute Gasteiger partial charge is 0.279 e. The fraction of sp³-hybridized carbons (Fsp3) is 0.579. The summed E-state index contributed by atoms with van der Waals surface area (Å²) in [5.74, 6) is 1.39. The Labute approximate surface area is 159 Å². The molecule has 8 heteroatoms. The molecule has 1 aromatic heterocycles. The van der Waals surface area contributed by atoms with Crippen LogP contribution in [0.2, 0.25) is 0 Å². The van der Waals surface area contributed by atoms with Gasteiger partial charge in [-0.15, -0.1) is 0 Å². The van der Waals surface area contributed by atoms with Gasteiger partial charge >= 0.3 is 5.69 Å². The molecule has 2 aliphatic rings. The lowest BCUT2D eigenvalue weighted by atomic mass is 10.1. The molecule has 1 fully saturated rings. The van der Waals surface area contributed by atoms with Crippen LogP contribution in [0.5, 0.6) is 0 Å². The van der Waals surface area contributed by atoms with Gasteiger partial charge in [-0.2, -0.15) is 5.10 Å². The monoisotopic (exact) mass is 390 g/mol. The molecule has 0 spiro atoms. The molecule has 1 aromatic carbocycles. The van der Waals surface area contributed by atoms with E-state index in [1.165, 1.54) is 17.1 Å². The van der Waals surface area contributed by atoms with E-state index in [0.717, 1.165) is 11.4 Å². The van der Waals surface area contributed by atoms with Gasteiger partial charge in [0.15, 0.2) is 0 Å². The van der Waals surface area contributed by atoms with Gasteiger partial charge in [0.1, 0.15) is 5.82 Å². The molecule has 1 saturated carbocycles. The van der Waals surface area contributed by atoms with Gasteiger partial charge in [0.05, 0.1) is 5.75 Å². The first-order valence-corrected chi connectivity index (χ1v) is 11.2. The third-order valence-corrected chi connectivity index (χ3v) is 7.53. The van der Waals surface area contributed by atoms with Gasteiger partial charge in [0, 0.05) is 32.6 Å². The first-order chi connectivity index (χ1) is 12.9. The molecule has 2 heterocycles. The third kappa shape index (κ3) is 4.01. The maximum Gasteiger partial charge on any atom is 0.345 e. The Kier molecular flexibility index (Phi) is 4.94. The number of fused-ring (bicyclic) bond motifs is 1. The average Bonchev–Trinajstić information content (AvgIpc) is 3.44. The van der Waals surface area contributed by atoms with Crippen LogP contribution >= 0.6 is 0 Å². The summed E-state index contributed by atoms with van der Waals surface area (Å²) >= 11 is 0. The molecule has 0 amide bonds. The zero-order valence-electron chi connectivity index (χ0n) is 15.6. The van der Waals surface area contributed by atoms with E-state index in [2.05, 4.69) is 5.10 Å². The highest BCUT2D eigenvalue weighted by molar-refractivity contribution is 7.88. The molecule has 1 atom stereocenters. The van der Waals surface area contributed by atoms with Crippen LogP contribution in [0.1, 0.15) is 37.1 Å². The van der Waals surface area contributed by atoms with Gasteiger partial charge in [-0.1, -0.05) is 30.3 Å². The molecular formula is C19H26N4O3S. The van der Waals surface area contributed by atoms with Crippen molar-refractivity contribution in [3.63, 3.8) is 0 Å². The van der Waals surface area contributed by atoms with E-state index in [0.29, 0.717) is 38.3 Å². The lowest BCUT2D eigenvalue weighted by molar-refractivity contribution is 0.328. The molecule has 146 valence electrons. The Morgan fingerprint density at radius 3 is 2.59 bits per heavy atom. The van der Waals surface area contributed by atoms with Gasteiger partial charge in [0.25, 0.3) is 0 Å². The van der Waals surface area contributed by atoms with Crippen molar-refractivity contribution in [2.24, 2.45) is 5.92 Å². The van der Waals surface area contributed by atoms with Crippen molar-refractivity contribution in [2.75, 3.05) is 7.05 Å². The lowest BCUT2D eigenvalue weighted by Crippen LogP contribution is -2.38. The maximum absolute atomic E-state index is 12.8. The zero-order valence-corrected chi connectivity index (χ0v) is 16.4. The first kappa shape index (κ1) is 18.4. The number of rotatable bonds is 6. The predicted molar refractivity (Wildman–Crippen MR) is 103 cm³/mol. The minimum Gasteiger partial charge on any atom is -0.279 e. The number of benzene rings is 1. The third-order valence-electron chi connectivity index (χ3n) is 5.66. The molecule has 0 bridgehead atoms. The number of sulfonamides is 1. The van der Waals surface area contributed by atoms with Gasteiger partial charge in [-0.3, -0.25) is 4.57 Å². The van der Waals surface area contributed by atoms with Crippen molar-refractivity contribution in [1.82, 2.24) is 18.7 Å². The van der Waals surface area contributed by atoms with Gasteiger partial charge in [0.2, 0.25) is 10.0 Å². The van der Waals surface area contributed by atoms with Crippen LogP contribution in [-0.2, 0) is 35.3 Å². The highest BCUT2D eigenvalue weighted by Crippen LogP contribution is 2.30. The Bertz CT molecular complexity index is 961. The number of aromatic nitrogens is 3. The van der Waals surface area contributed by atoms with E-state index in [-0.39, 0.29) is 17.5 Å². The van der Waals surface area contributed by atoms with E-state index in [9.17, 15) is 13.2 Å². The molecule has 27 heavy (non-hydrogen) atoms. The number of aryl methyl sites for hydroxylation is 1. The van der Waals surface area contributed by atoms with Crippen LogP contribution in [0.3, 0.4) is 0 Å². The van der Waals surface area contributed by atoms with Crippen LogP contribution in [0, 0.1) is 5.92 Å². The van der Waals surface area contributed by atoms with Gasteiger partial charge < -0.3 is 0 Å². The van der Waals surface area contributed by atoms with Crippen LogP contribution in [0.4, 0.5) is 0 Å². The molecule has 0 radical (unpaired) electrons. The van der Waals surface area contributed by atoms with E-state index in [4.69, 9.17) is 0 Å². The minimum absolute atomic E-state index is 0.000399. The molecule has 1 aliphatic carbocycles. The molecule has 0 N–H and O–H groups in total. The van der Waals surface area contributed by atoms with Crippen molar-refractivity contribution in [1.29, 1.82) is 0 Å². The highest BCUT2D eigenvalue weighted by atomic mass is 32.2. The fourth-order valence-electron chi connectivity index (χ4n) is 3.75. The largest absolute Gasteiger partial charge is 0.345 e. The van der Waals surface area contributed by atoms with Crippen molar-refractivity contribution < 1.29 is 8.42 Å². The Balaban J connectivity index is 1.45. The van der Waals surface area contributed by atoms with Crippen molar-refractivity contribution >= 4 is 10.0 Å². The van der Waals surface area contributed by atoms with Crippen molar-refractivity contribution in [3.05, 3.63) is 52.2 Å². The highest BCUT2D eigenvalue weighted by Gasteiger charge is 2.30. The van der Waals surface area contributed by atoms with Crippen LogP contribution in [-0.4, -0.2) is 40.2 Å². The summed E-state index contributed by atoms with van der Waals surface area (Å²) in [5, 5.41) is 4.51. The standard InChI is InChI=1S/C19H26N4O3S/c1-21(27(25,26)14-16-5-3-2-4-6-16)17-9-10-18-20-23(13-15-7-8-15)19(24)22(18)12-11-17/h2-6,15,17H,7-14H2,1H3. The van der Waals surface area contributed by atoms with Gasteiger partial charge in [-0.25, -0.2) is 22.2 Å². The summed E-state index contributed by atoms with van der Waals surface area (Å²) in [7, 11) is -1.75. The summed E-state index contributed by atoms with van der Waals surface area (Å²) in [6.45, 7) is 1.24. The molecule has 2 aromatic rings. The minimum atomic E-state index is -3.41. The SMILES string of the molecule is CN(C1CCc2nn(CC3CC3)c(=O)n2CC1)S(=O)(=O)Cc1ccccc1. The zero-order chi connectivity index (χ0) is 19.0. The second-order valence-corrected chi connectivity index (χ2v) is 9.74. The van der Waals surface area contributed by atoms with Crippen LogP contribution < -0.4 is 5.69 Å². The summed E-state index contributed by atoms with van der Waals surface area (Å²) in [4.78, 5) is 12.6. The molecule has 1 unspecified atom stereocenters. The fourth-order valence-corrected chi connectivity index (χ4v) is 5.24. The lowest BCUT2D eigenvalue weighted by Gasteiger charge is -2.26. The van der Waals surface area contributed by atoms with Crippen molar-refractivity contribution in [3.8, 4) is 0 Å². The Morgan fingerprint density at radius 1 is 1.15 bits per heavy atom. The van der Waals surface area contributed by atoms with Crippen molar-refractivity contribution in [2.45, 2.75) is 57.0 Å². The Morgan fingerprint density at radius 2 is 1.89 bits per heavy atom. The quantitative estimate of drug-likeness (QED) is 0.751. The maximum atomic E-state index is 12.8. The summed E-state index contributed by atoms with van der Waals surface area (Å²) < 4.78 is 30.5. The summed E-state index contributed by atoms with van der Waals surface area (Å²) in [6.07, 6.45) is 4.31. The van der Waals surface area contributed by atoms with Gasteiger partial charge in [-0.05, 0) is 37.2 Å². The number of nitrogens with zero attached hydrogens (tertiary/aromatic N) is 4. The summed E-state index contributed by atoms with van der Waals surface area (Å²) in [5.41, 5.74) is 0.737. The molecule has 7 nitrogen and oxygen atoms in total. The molecule has 1 aliphatic heterocycles. The predicted octanol–water partition coefficient (Wildman–Crippen LogP) is 1.62. The normalized spacial score (nSPS) is 20.4. The average molecular weight is 391 g/mol. The molecular weight excluding hydrogens is 364 g/mol. The number of hydrogen-bond donors (Lipinski definition) is 0. The topological polar surface area (TPSA) is 77.2 Å². The molecule has 4 rings (SSSR count). The van der Waals surface area contributed by atoms with Crippen LogP contribution in [0.15, 0.2) is 35.1 Å². The summed E-state index contributed by atoms with van der Waals surface area (Å²) in [6, 6.07) is 9.12. The van der Waals surface area contributed by atoms with E-state index in [1.54, 1.807) is 16.3 Å². The van der Waals surface area contributed by atoms with E-state index >= 15 is 0 Å². The van der Waals surface area contributed by atoms with E-state index in [1.807, 2.05) is 30.3 Å².